The Hall–Kier alpha value is -0.0300. The first-order chi connectivity index (χ1) is 3.29. The van der Waals surface area contributed by atoms with Crippen LogP contribution in [0.3, 0.4) is 0 Å². The molecule has 0 bridgehead atoms. The first-order valence-electron chi connectivity index (χ1n) is 1.79. The predicted octanol–water partition coefficient (Wildman–Crippen LogP) is 0.152. The molecule has 8 heavy (non-hydrogen) atoms. The number of amides is 1. The van der Waals surface area contributed by atoms with Crippen LogP contribution in [0.25, 0.3) is 0 Å². The molecule has 3 nitrogen and oxygen atoms in total. The Bertz CT molecular complexity index is 135. The molecule has 0 aromatic heterocycles. The zero-order valence-corrected chi connectivity index (χ0v) is 6.49. The monoisotopic (exact) mass is 196 g/mol. The Morgan fingerprint density at radius 1 is 1.75 bits per heavy atom. The highest BCUT2D eigenvalue weighted by Gasteiger charge is 2.09. The Morgan fingerprint density at radius 3 is 2.50 bits per heavy atom. The van der Waals surface area contributed by atoms with Gasteiger partial charge in [-0.05, 0) is 0 Å². The molecule has 46 valence electrons. The zero-order chi connectivity index (χ0) is 5.28. The summed E-state index contributed by atoms with van der Waals surface area (Å²) in [7, 11) is 0. The third-order valence-electron chi connectivity index (χ3n) is 0.578. The second-order valence-electron chi connectivity index (χ2n) is 1.13. The van der Waals surface area contributed by atoms with Crippen molar-refractivity contribution in [3.05, 3.63) is 0 Å². The number of aliphatic imine (C=N–C) groups is 1. The maximum Gasteiger partial charge on any atom is 0.258 e. The van der Waals surface area contributed by atoms with E-state index in [9.17, 15) is 4.79 Å². The Morgan fingerprint density at radius 2 is 2.38 bits per heavy atom. The van der Waals surface area contributed by atoms with Crippen molar-refractivity contribution < 1.29 is 4.79 Å². The van der Waals surface area contributed by atoms with Gasteiger partial charge in [0.1, 0.15) is 0 Å². The van der Waals surface area contributed by atoms with E-state index in [1.54, 1.807) is 0 Å². The number of halogens is 1. The first kappa shape index (κ1) is 7.97. The highest BCUT2D eigenvalue weighted by atomic mass is 79.9. The molecule has 1 aliphatic heterocycles. The van der Waals surface area contributed by atoms with Crippen LogP contribution in [0.15, 0.2) is 4.99 Å². The van der Waals surface area contributed by atoms with E-state index in [1.165, 1.54) is 11.8 Å². The number of hydrogen-bond acceptors (Lipinski definition) is 3. The second-order valence-corrected chi connectivity index (χ2v) is 2.13. The molecule has 0 unspecified atom stereocenters. The van der Waals surface area contributed by atoms with Crippen molar-refractivity contribution in [1.29, 1.82) is 0 Å². The van der Waals surface area contributed by atoms with Crippen LogP contribution < -0.4 is 5.73 Å². The van der Waals surface area contributed by atoms with Gasteiger partial charge in [-0.15, -0.1) is 17.0 Å². The molecule has 1 aliphatic rings. The summed E-state index contributed by atoms with van der Waals surface area (Å²) < 4.78 is 0. The fourth-order valence-corrected chi connectivity index (χ4v) is 0.825. The molecule has 1 amide bonds. The Kier molecular flexibility index (Phi) is 3.08. The minimum Gasteiger partial charge on any atom is -0.378 e. The number of carbonyl (C=O) groups is 1. The molecule has 0 radical (unpaired) electrons. The van der Waals surface area contributed by atoms with Crippen molar-refractivity contribution in [2.24, 2.45) is 10.7 Å². The molecule has 0 aromatic rings. The fraction of sp³-hybridized carbons (Fsp3) is 0.333. The van der Waals surface area contributed by atoms with E-state index in [-0.39, 0.29) is 22.9 Å². The van der Waals surface area contributed by atoms with E-state index in [4.69, 9.17) is 5.73 Å². The second kappa shape index (κ2) is 3.09. The van der Waals surface area contributed by atoms with Gasteiger partial charge in [0.05, 0.1) is 5.75 Å². The van der Waals surface area contributed by atoms with Gasteiger partial charge in [-0.25, -0.2) is 0 Å². The topological polar surface area (TPSA) is 55.4 Å². The fourth-order valence-electron chi connectivity index (χ4n) is 0.323. The lowest BCUT2D eigenvalue weighted by molar-refractivity contribution is -0.115. The molecular formula is C3H5BrN2OS. The van der Waals surface area contributed by atoms with Crippen LogP contribution in [0.4, 0.5) is 0 Å². The molecule has 0 spiro atoms. The summed E-state index contributed by atoms with van der Waals surface area (Å²) in [5.74, 6) is 0.300. The first-order valence-corrected chi connectivity index (χ1v) is 2.77. The van der Waals surface area contributed by atoms with Crippen LogP contribution in [0.1, 0.15) is 0 Å². The van der Waals surface area contributed by atoms with Gasteiger partial charge in [0, 0.05) is 0 Å². The molecular weight excluding hydrogens is 192 g/mol. The summed E-state index contributed by atoms with van der Waals surface area (Å²) >= 11 is 1.28. The van der Waals surface area contributed by atoms with E-state index in [0.717, 1.165) is 0 Å². The number of amidine groups is 1. The SMILES string of the molecule is Br.NC1=NC(=O)CS1. The van der Waals surface area contributed by atoms with Crippen LogP contribution in [0.5, 0.6) is 0 Å². The average molecular weight is 197 g/mol. The average Bonchev–Trinajstić information content (AvgIpc) is 1.87. The summed E-state index contributed by atoms with van der Waals surface area (Å²) in [4.78, 5) is 13.6. The van der Waals surface area contributed by atoms with Crippen molar-refractivity contribution >= 4 is 39.8 Å². The Labute approximate surface area is 61.5 Å². The minimum atomic E-state index is -0.123. The molecule has 0 saturated heterocycles. The minimum absolute atomic E-state index is 0. The maximum atomic E-state index is 10.2. The highest BCUT2D eigenvalue weighted by molar-refractivity contribution is 8.93. The highest BCUT2D eigenvalue weighted by Crippen LogP contribution is 2.07. The molecule has 0 atom stereocenters. The van der Waals surface area contributed by atoms with Crippen LogP contribution in [-0.4, -0.2) is 16.8 Å². The van der Waals surface area contributed by atoms with Gasteiger partial charge >= 0.3 is 0 Å². The smallest absolute Gasteiger partial charge is 0.258 e. The standard InChI is InChI=1S/C3H4N2OS.BrH/c4-3-5-2(6)1-7-3;/h1H2,(H2,4,5,6);1H. The zero-order valence-electron chi connectivity index (χ0n) is 3.96. The number of thioether (sulfide) groups is 1. The van der Waals surface area contributed by atoms with Crippen molar-refractivity contribution in [2.45, 2.75) is 0 Å². The van der Waals surface area contributed by atoms with Crippen molar-refractivity contribution in [1.82, 2.24) is 0 Å². The maximum absolute atomic E-state index is 10.2. The largest absolute Gasteiger partial charge is 0.378 e. The molecule has 1 heterocycles. The van der Waals surface area contributed by atoms with Crippen LogP contribution >= 0.6 is 28.7 Å². The van der Waals surface area contributed by atoms with Crippen LogP contribution in [0.2, 0.25) is 0 Å². The lowest BCUT2D eigenvalue weighted by atomic mass is 10.7. The van der Waals surface area contributed by atoms with Gasteiger partial charge in [0.15, 0.2) is 5.17 Å². The third kappa shape index (κ3) is 1.83. The van der Waals surface area contributed by atoms with E-state index in [0.29, 0.717) is 10.9 Å². The van der Waals surface area contributed by atoms with Crippen molar-refractivity contribution in [3.8, 4) is 0 Å². The van der Waals surface area contributed by atoms with E-state index in [2.05, 4.69) is 4.99 Å². The van der Waals surface area contributed by atoms with Crippen molar-refractivity contribution in [3.63, 3.8) is 0 Å². The van der Waals surface area contributed by atoms with E-state index < -0.39 is 0 Å². The summed E-state index contributed by atoms with van der Waals surface area (Å²) in [5, 5.41) is 0.394. The molecule has 0 aliphatic carbocycles. The third-order valence-corrected chi connectivity index (χ3v) is 1.36. The number of carbonyl (C=O) groups excluding carboxylic acids is 1. The normalized spacial score (nSPS) is 17.5. The van der Waals surface area contributed by atoms with Crippen molar-refractivity contribution in [2.75, 3.05) is 5.75 Å². The van der Waals surface area contributed by atoms with Gasteiger partial charge < -0.3 is 5.73 Å². The van der Waals surface area contributed by atoms with Gasteiger partial charge in [-0.1, -0.05) is 11.8 Å². The lowest BCUT2D eigenvalue weighted by Crippen LogP contribution is -2.01. The Balaban J connectivity index is 0.000000490. The number of hydrogen-bond donors (Lipinski definition) is 1. The lowest BCUT2D eigenvalue weighted by Gasteiger charge is -1.76. The van der Waals surface area contributed by atoms with Gasteiger partial charge in [0.25, 0.3) is 5.91 Å². The molecule has 0 fully saturated rings. The molecule has 1 rings (SSSR count). The molecule has 0 aromatic carbocycles. The van der Waals surface area contributed by atoms with E-state index >= 15 is 0 Å². The predicted molar refractivity (Wildman–Crippen MR) is 39.4 cm³/mol. The summed E-state index contributed by atoms with van der Waals surface area (Å²) in [6.45, 7) is 0. The summed E-state index contributed by atoms with van der Waals surface area (Å²) in [6, 6.07) is 0. The van der Waals surface area contributed by atoms with Gasteiger partial charge in [0.2, 0.25) is 0 Å². The quantitative estimate of drug-likeness (QED) is 0.601. The molecule has 5 heteroatoms. The summed E-state index contributed by atoms with van der Waals surface area (Å²) in [5.41, 5.74) is 5.12. The number of rotatable bonds is 0. The number of nitrogens with two attached hydrogens (primary N) is 1. The number of nitrogens with zero attached hydrogens (tertiary/aromatic N) is 1. The van der Waals surface area contributed by atoms with Gasteiger partial charge in [-0.3, -0.25) is 4.79 Å². The molecule has 0 saturated carbocycles. The summed E-state index contributed by atoms with van der Waals surface area (Å²) in [6.07, 6.45) is 0. The molecule has 2 N–H and O–H groups in total. The van der Waals surface area contributed by atoms with Crippen LogP contribution in [0, 0.1) is 0 Å². The van der Waals surface area contributed by atoms with E-state index in [1.807, 2.05) is 0 Å². The van der Waals surface area contributed by atoms with Crippen LogP contribution in [-0.2, 0) is 4.79 Å². The van der Waals surface area contributed by atoms with Gasteiger partial charge in [-0.2, -0.15) is 4.99 Å².